The highest BCUT2D eigenvalue weighted by atomic mass is 35.5. The number of nitrogens with one attached hydrogen (secondary N) is 1. The summed E-state index contributed by atoms with van der Waals surface area (Å²) in [5.74, 6) is -0.302. The summed E-state index contributed by atoms with van der Waals surface area (Å²) in [5.41, 5.74) is 0.749. The molecule has 6 nitrogen and oxygen atoms in total. The van der Waals surface area contributed by atoms with Crippen LogP contribution in [0.25, 0.3) is 10.2 Å². The predicted octanol–water partition coefficient (Wildman–Crippen LogP) is 4.08. The number of hydrogen-bond acceptors (Lipinski definition) is 6. The molecule has 150 valence electrons. The Morgan fingerprint density at radius 3 is 2.69 bits per heavy atom. The van der Waals surface area contributed by atoms with E-state index in [-0.39, 0.29) is 33.0 Å². The fourth-order valence-corrected chi connectivity index (χ4v) is 7.69. The summed E-state index contributed by atoms with van der Waals surface area (Å²) < 4.78 is 31.0. The van der Waals surface area contributed by atoms with Crippen LogP contribution in [0.2, 0.25) is 5.02 Å². The van der Waals surface area contributed by atoms with Gasteiger partial charge in [-0.15, -0.1) is 11.3 Å². The minimum atomic E-state index is -3.43. The Bertz CT molecular complexity index is 1270. The van der Waals surface area contributed by atoms with Crippen molar-refractivity contribution in [1.82, 2.24) is 10.3 Å². The Morgan fingerprint density at radius 1 is 1.21 bits per heavy atom. The number of aromatic nitrogens is 1. The van der Waals surface area contributed by atoms with Crippen LogP contribution in [0, 0.1) is 0 Å². The number of amides is 1. The van der Waals surface area contributed by atoms with E-state index in [4.69, 9.17) is 21.0 Å². The third-order valence-corrected chi connectivity index (χ3v) is 9.89. The number of halogens is 1. The number of thiazole rings is 1. The van der Waals surface area contributed by atoms with Crippen LogP contribution >= 0.6 is 22.9 Å². The quantitative estimate of drug-likeness (QED) is 0.635. The molecule has 0 atom stereocenters. The zero-order valence-corrected chi connectivity index (χ0v) is 17.7. The van der Waals surface area contributed by atoms with E-state index < -0.39 is 9.84 Å². The molecular formula is C20H17ClN2O4S2. The molecule has 4 aliphatic rings. The Hall–Kier alpha value is -1.90. The summed E-state index contributed by atoms with van der Waals surface area (Å²) in [6, 6.07) is 8.55. The maximum Gasteiger partial charge on any atom is 0.287 e. The summed E-state index contributed by atoms with van der Waals surface area (Å²) in [5, 5.41) is 4.39. The van der Waals surface area contributed by atoms with Crippen LogP contribution in [-0.2, 0) is 15.3 Å². The van der Waals surface area contributed by atoms with Crippen LogP contribution in [0.4, 0.5) is 0 Å². The number of furan rings is 1. The lowest BCUT2D eigenvalue weighted by Crippen LogP contribution is -2.76. The normalized spacial score (nSPS) is 28.0. The zero-order chi connectivity index (χ0) is 20.0. The molecule has 4 saturated carbocycles. The van der Waals surface area contributed by atoms with Crippen LogP contribution in [0.1, 0.15) is 47.7 Å². The van der Waals surface area contributed by atoms with Crippen molar-refractivity contribution < 1.29 is 17.6 Å². The molecule has 1 amide bonds. The Kier molecular flexibility index (Phi) is 3.47. The average molecular weight is 449 g/mol. The second kappa shape index (κ2) is 5.62. The number of rotatable bonds is 5. The highest BCUT2D eigenvalue weighted by Crippen LogP contribution is 2.68. The van der Waals surface area contributed by atoms with Gasteiger partial charge in [-0.1, -0.05) is 11.6 Å². The summed E-state index contributed by atoms with van der Waals surface area (Å²) >= 11 is 7.74. The smallest absolute Gasteiger partial charge is 0.287 e. The van der Waals surface area contributed by atoms with E-state index in [1.807, 2.05) is 18.2 Å². The maximum absolute atomic E-state index is 12.6. The second-order valence-electron chi connectivity index (χ2n) is 8.54. The second-order valence-corrected chi connectivity index (χ2v) is 12.2. The number of benzene rings is 1. The van der Waals surface area contributed by atoms with E-state index in [0.717, 1.165) is 34.5 Å². The number of sulfone groups is 1. The van der Waals surface area contributed by atoms with Gasteiger partial charge in [-0.3, -0.25) is 4.79 Å². The highest BCUT2D eigenvalue weighted by Gasteiger charge is 2.70. The third-order valence-electron chi connectivity index (χ3n) is 6.26. The number of carbonyl (C=O) groups excluding carboxylic acids is 1. The van der Waals surface area contributed by atoms with Gasteiger partial charge in [-0.2, -0.15) is 0 Å². The van der Waals surface area contributed by atoms with Gasteiger partial charge in [-0.05, 0) is 62.4 Å². The maximum atomic E-state index is 12.6. The van der Waals surface area contributed by atoms with Crippen molar-refractivity contribution in [1.29, 1.82) is 0 Å². The molecule has 7 rings (SSSR count). The van der Waals surface area contributed by atoms with Crippen molar-refractivity contribution >= 4 is 48.9 Å². The van der Waals surface area contributed by atoms with Crippen LogP contribution in [0.15, 0.2) is 39.8 Å². The molecule has 0 spiro atoms. The third kappa shape index (κ3) is 2.62. The monoisotopic (exact) mass is 448 g/mol. The fraction of sp³-hybridized carbons (Fsp3) is 0.400. The molecule has 1 N–H and O–H groups in total. The Morgan fingerprint density at radius 2 is 1.97 bits per heavy atom. The van der Waals surface area contributed by atoms with Gasteiger partial charge >= 0.3 is 0 Å². The molecule has 1 aromatic carbocycles. The molecule has 4 aliphatic carbocycles. The minimum absolute atomic E-state index is 0.0348. The van der Waals surface area contributed by atoms with Crippen LogP contribution in [0.3, 0.4) is 0 Å². The lowest BCUT2D eigenvalue weighted by Gasteiger charge is -2.69. The van der Waals surface area contributed by atoms with Gasteiger partial charge in [0.2, 0.25) is 14.9 Å². The predicted molar refractivity (Wildman–Crippen MR) is 109 cm³/mol. The zero-order valence-electron chi connectivity index (χ0n) is 15.3. The van der Waals surface area contributed by atoms with Gasteiger partial charge in [0.05, 0.1) is 15.5 Å². The molecule has 2 heterocycles. The van der Waals surface area contributed by atoms with Crippen molar-refractivity contribution in [2.45, 2.75) is 53.4 Å². The van der Waals surface area contributed by atoms with Crippen LogP contribution in [0.5, 0.6) is 0 Å². The molecule has 9 heteroatoms. The van der Waals surface area contributed by atoms with Crippen molar-refractivity contribution in [3.63, 3.8) is 0 Å². The molecule has 29 heavy (non-hydrogen) atoms. The molecule has 2 aromatic heterocycles. The Balaban J connectivity index is 1.16. The molecule has 0 aliphatic heterocycles. The highest BCUT2D eigenvalue weighted by molar-refractivity contribution is 7.92. The molecular weight excluding hydrogens is 432 g/mol. The van der Waals surface area contributed by atoms with Gasteiger partial charge in [0.25, 0.3) is 5.91 Å². The molecule has 3 aromatic rings. The number of fused-ring (bicyclic) bond motifs is 1. The summed E-state index contributed by atoms with van der Waals surface area (Å²) in [6.45, 7) is 0. The van der Waals surface area contributed by atoms with Crippen molar-refractivity contribution in [3.8, 4) is 0 Å². The molecule has 0 saturated heterocycles. The van der Waals surface area contributed by atoms with Crippen molar-refractivity contribution in [3.05, 3.63) is 46.1 Å². The van der Waals surface area contributed by atoms with Gasteiger partial charge in [0.15, 0.2) is 5.76 Å². The van der Waals surface area contributed by atoms with E-state index in [1.54, 1.807) is 11.3 Å². The van der Waals surface area contributed by atoms with E-state index in [1.165, 1.54) is 12.1 Å². The first-order chi connectivity index (χ1) is 13.8. The molecule has 4 fully saturated rings. The SMILES string of the molecule is O=C(NC12CC(c3nc4ccc(Cl)cc4s3)(C1)C2)c1ccc(S(=O)(=O)C2CC2)o1. The summed E-state index contributed by atoms with van der Waals surface area (Å²) in [4.78, 5) is 17.4. The summed E-state index contributed by atoms with van der Waals surface area (Å²) in [7, 11) is -3.43. The van der Waals surface area contributed by atoms with Gasteiger partial charge < -0.3 is 9.73 Å². The van der Waals surface area contributed by atoms with E-state index in [9.17, 15) is 13.2 Å². The number of carbonyl (C=O) groups is 1. The number of nitrogens with zero attached hydrogens (tertiary/aromatic N) is 1. The Labute approximate surface area is 176 Å². The van der Waals surface area contributed by atoms with Gasteiger partial charge in [0.1, 0.15) is 5.01 Å². The largest absolute Gasteiger partial charge is 0.440 e. The van der Waals surface area contributed by atoms with Gasteiger partial charge in [-0.25, -0.2) is 13.4 Å². The fourth-order valence-electron chi connectivity index (χ4n) is 4.71. The van der Waals surface area contributed by atoms with E-state index in [0.29, 0.717) is 17.9 Å². The van der Waals surface area contributed by atoms with Crippen molar-refractivity contribution in [2.75, 3.05) is 0 Å². The summed E-state index contributed by atoms with van der Waals surface area (Å²) in [6.07, 6.45) is 3.84. The molecule has 2 bridgehead atoms. The lowest BCUT2D eigenvalue weighted by molar-refractivity contribution is -0.0811. The van der Waals surface area contributed by atoms with E-state index in [2.05, 4.69) is 5.32 Å². The first-order valence-corrected chi connectivity index (χ1v) is 12.3. The minimum Gasteiger partial charge on any atom is -0.440 e. The average Bonchev–Trinajstić information content (AvgIpc) is 3.21. The van der Waals surface area contributed by atoms with Crippen LogP contribution in [-0.4, -0.2) is 30.1 Å². The van der Waals surface area contributed by atoms with Crippen LogP contribution < -0.4 is 5.32 Å². The molecule has 0 radical (unpaired) electrons. The first-order valence-electron chi connectivity index (χ1n) is 9.52. The topological polar surface area (TPSA) is 89.3 Å². The van der Waals surface area contributed by atoms with E-state index >= 15 is 0 Å². The molecule has 0 unspecified atom stereocenters. The number of hydrogen-bond donors (Lipinski definition) is 1. The van der Waals surface area contributed by atoms with Gasteiger partial charge in [0, 0.05) is 16.0 Å². The van der Waals surface area contributed by atoms with Crippen molar-refractivity contribution in [2.24, 2.45) is 0 Å². The standard InChI is InChI=1S/C20H17ClN2O4S2/c21-11-1-4-13-15(7-11)28-18(22-13)19-8-20(9-19,10-19)23-17(24)14-5-6-16(27-14)29(25,26)12-2-3-12/h1,4-7,12H,2-3,8-10H2,(H,23,24). The first kappa shape index (κ1) is 17.9. The lowest BCUT2D eigenvalue weighted by atomic mass is 9.39.